The first-order valence-corrected chi connectivity index (χ1v) is 12.0. The van der Waals surface area contributed by atoms with Crippen molar-refractivity contribution in [2.24, 2.45) is 5.11 Å². The predicted molar refractivity (Wildman–Crippen MR) is 124 cm³/mol. The van der Waals surface area contributed by atoms with E-state index in [0.717, 1.165) is 0 Å². The Morgan fingerprint density at radius 1 is 1.31 bits per heavy atom. The highest BCUT2D eigenvalue weighted by atomic mass is 31.2. The Balaban J connectivity index is 1.55. The SMILES string of the molecule is Cc1cn([C@H]2CC(N=[N+]=[N-])[C@@H](COP(=O)(Nc3ccncc3)Oc3cccnc3)O2)c(=O)[nH]c1=O. The summed E-state index contributed by atoms with van der Waals surface area (Å²) in [4.78, 5) is 36.9. The molecule has 0 bridgehead atoms. The molecule has 2 N–H and O–H groups in total. The van der Waals surface area contributed by atoms with Crippen LogP contribution in [0, 0.1) is 6.92 Å². The zero-order valence-corrected chi connectivity index (χ0v) is 19.3. The van der Waals surface area contributed by atoms with E-state index in [1.807, 2.05) is 0 Å². The van der Waals surface area contributed by atoms with Crippen LogP contribution in [0.4, 0.5) is 5.69 Å². The number of aromatic nitrogens is 4. The van der Waals surface area contributed by atoms with Crippen molar-refractivity contribution in [3.63, 3.8) is 0 Å². The Morgan fingerprint density at radius 3 is 2.83 bits per heavy atom. The highest BCUT2D eigenvalue weighted by Gasteiger charge is 2.39. The van der Waals surface area contributed by atoms with Gasteiger partial charge in [-0.2, -0.15) is 0 Å². The minimum absolute atomic E-state index is 0.134. The molecule has 1 saturated heterocycles. The lowest BCUT2D eigenvalue weighted by molar-refractivity contribution is -0.0234. The molecule has 1 fully saturated rings. The molecule has 0 spiro atoms. The fourth-order valence-electron chi connectivity index (χ4n) is 3.40. The van der Waals surface area contributed by atoms with Gasteiger partial charge in [0.2, 0.25) is 0 Å². The molecular formula is C20H21N8O6P. The minimum Gasteiger partial charge on any atom is -0.407 e. The van der Waals surface area contributed by atoms with Crippen LogP contribution in [0.3, 0.4) is 0 Å². The average Bonchev–Trinajstić information content (AvgIpc) is 3.24. The molecule has 4 heterocycles. The number of H-pyrrole nitrogens is 1. The van der Waals surface area contributed by atoms with Crippen LogP contribution < -0.4 is 20.9 Å². The number of pyridine rings is 2. The van der Waals surface area contributed by atoms with Gasteiger partial charge in [-0.15, -0.1) is 0 Å². The van der Waals surface area contributed by atoms with Crippen LogP contribution in [-0.2, 0) is 13.8 Å². The fraction of sp³-hybridized carbons (Fsp3) is 0.300. The van der Waals surface area contributed by atoms with E-state index in [9.17, 15) is 14.2 Å². The number of anilines is 1. The molecule has 15 heteroatoms. The summed E-state index contributed by atoms with van der Waals surface area (Å²) in [5, 5.41) is 6.47. The Hall–Kier alpha value is -3.96. The van der Waals surface area contributed by atoms with Gasteiger partial charge >= 0.3 is 13.4 Å². The molecule has 2 unspecified atom stereocenters. The van der Waals surface area contributed by atoms with Gasteiger partial charge in [0, 0.05) is 47.4 Å². The second-order valence-corrected chi connectivity index (χ2v) is 9.20. The van der Waals surface area contributed by atoms with Gasteiger partial charge in [-0.25, -0.2) is 9.36 Å². The van der Waals surface area contributed by atoms with E-state index in [0.29, 0.717) is 11.3 Å². The third kappa shape index (κ3) is 5.94. The minimum atomic E-state index is -4.03. The molecule has 3 aromatic heterocycles. The number of ether oxygens (including phenoxy) is 1. The maximum absolute atomic E-state index is 13.6. The molecule has 0 amide bonds. The van der Waals surface area contributed by atoms with Gasteiger partial charge in [0.1, 0.15) is 12.0 Å². The topological polar surface area (TPSA) is 186 Å². The van der Waals surface area contributed by atoms with Crippen molar-refractivity contribution in [1.82, 2.24) is 19.5 Å². The molecule has 4 rings (SSSR count). The van der Waals surface area contributed by atoms with Crippen molar-refractivity contribution < 1.29 is 18.3 Å². The van der Waals surface area contributed by atoms with E-state index in [1.54, 1.807) is 31.2 Å². The average molecular weight is 500 g/mol. The maximum atomic E-state index is 13.6. The molecule has 182 valence electrons. The van der Waals surface area contributed by atoms with Crippen LogP contribution >= 0.6 is 7.75 Å². The Kier molecular flexibility index (Phi) is 7.28. The smallest absolute Gasteiger partial charge is 0.407 e. The first-order valence-electron chi connectivity index (χ1n) is 10.4. The zero-order chi connectivity index (χ0) is 24.8. The number of aryl methyl sites for hydroxylation is 1. The summed E-state index contributed by atoms with van der Waals surface area (Å²) in [6.07, 6.45) is 5.71. The summed E-state index contributed by atoms with van der Waals surface area (Å²) < 4.78 is 32.0. The first-order chi connectivity index (χ1) is 16.9. The third-order valence-corrected chi connectivity index (χ3v) is 6.55. The largest absolute Gasteiger partial charge is 0.486 e. The van der Waals surface area contributed by atoms with Crippen LogP contribution in [0.25, 0.3) is 10.4 Å². The van der Waals surface area contributed by atoms with Crippen molar-refractivity contribution in [2.45, 2.75) is 31.7 Å². The number of azide groups is 1. The number of nitrogens with zero attached hydrogens (tertiary/aromatic N) is 6. The molecular weight excluding hydrogens is 479 g/mol. The lowest BCUT2D eigenvalue weighted by atomic mass is 10.1. The van der Waals surface area contributed by atoms with Crippen molar-refractivity contribution in [3.8, 4) is 5.75 Å². The fourth-order valence-corrected chi connectivity index (χ4v) is 4.76. The van der Waals surface area contributed by atoms with Gasteiger partial charge in [0.05, 0.1) is 24.9 Å². The third-order valence-electron chi connectivity index (χ3n) is 5.08. The van der Waals surface area contributed by atoms with Crippen molar-refractivity contribution in [2.75, 3.05) is 11.7 Å². The van der Waals surface area contributed by atoms with Gasteiger partial charge in [0.15, 0.2) is 0 Å². The normalized spacial score (nSPS) is 21.0. The summed E-state index contributed by atoms with van der Waals surface area (Å²) >= 11 is 0. The van der Waals surface area contributed by atoms with Crippen LogP contribution in [0.1, 0.15) is 18.2 Å². The van der Waals surface area contributed by atoms with Crippen molar-refractivity contribution in [1.29, 1.82) is 0 Å². The number of rotatable bonds is 9. The number of hydrogen-bond acceptors (Lipinski definition) is 9. The Bertz CT molecular complexity index is 1330. The van der Waals surface area contributed by atoms with Gasteiger partial charge in [-0.1, -0.05) is 5.11 Å². The summed E-state index contributed by atoms with van der Waals surface area (Å²) in [5.41, 5.74) is 8.56. The van der Waals surface area contributed by atoms with Crippen LogP contribution in [0.15, 0.2) is 70.0 Å². The van der Waals surface area contributed by atoms with Gasteiger partial charge in [-0.05, 0) is 36.7 Å². The van der Waals surface area contributed by atoms with Gasteiger partial charge in [0.25, 0.3) is 5.56 Å². The highest BCUT2D eigenvalue weighted by molar-refractivity contribution is 7.55. The summed E-state index contributed by atoms with van der Waals surface area (Å²) in [6, 6.07) is 5.60. The molecule has 1 aliphatic heterocycles. The van der Waals surface area contributed by atoms with E-state index in [-0.39, 0.29) is 18.8 Å². The zero-order valence-electron chi connectivity index (χ0n) is 18.4. The Labute approximate surface area is 198 Å². The highest BCUT2D eigenvalue weighted by Crippen LogP contribution is 2.48. The van der Waals surface area contributed by atoms with Crippen LogP contribution in [-0.4, -0.2) is 38.3 Å². The summed E-state index contributed by atoms with van der Waals surface area (Å²) in [7, 11) is -4.03. The van der Waals surface area contributed by atoms with Crippen LogP contribution in [0.2, 0.25) is 0 Å². The molecule has 35 heavy (non-hydrogen) atoms. The first kappa shape index (κ1) is 24.2. The maximum Gasteiger partial charge on any atom is 0.486 e. The summed E-state index contributed by atoms with van der Waals surface area (Å²) in [5.74, 6) is 0.199. The second kappa shape index (κ2) is 10.5. The van der Waals surface area contributed by atoms with Crippen LogP contribution in [0.5, 0.6) is 5.75 Å². The molecule has 1 aliphatic rings. The molecule has 0 aliphatic carbocycles. The molecule has 0 aromatic carbocycles. The molecule has 14 nitrogen and oxygen atoms in total. The van der Waals surface area contributed by atoms with E-state index in [4.69, 9.17) is 19.3 Å². The lowest BCUT2D eigenvalue weighted by Gasteiger charge is -2.23. The van der Waals surface area contributed by atoms with Gasteiger partial charge < -0.3 is 9.26 Å². The standard InChI is InChI=1S/C20H21N8O6P/c1-13-11-28(20(30)24-19(13)29)18-9-16(25-27-21)17(33-18)12-32-35(31,26-14-4-7-22-8-5-14)34-15-3-2-6-23-10-15/h2-8,10-11,16-18H,9,12H2,1H3,(H,22,26,31)(H,24,29,30)/t16?,17-,18-,35?/m1/s1. The number of aromatic amines is 1. The van der Waals surface area contributed by atoms with Crippen molar-refractivity contribution >= 4 is 13.4 Å². The molecule has 3 aromatic rings. The number of hydrogen-bond donors (Lipinski definition) is 2. The predicted octanol–water partition coefficient (Wildman–Crippen LogP) is 2.92. The second-order valence-electron chi connectivity index (χ2n) is 7.54. The van der Waals surface area contributed by atoms with Crippen molar-refractivity contribution in [3.05, 3.63) is 92.1 Å². The number of nitrogens with one attached hydrogen (secondary N) is 2. The van der Waals surface area contributed by atoms with E-state index in [1.165, 1.54) is 35.6 Å². The quantitative estimate of drug-likeness (QED) is 0.193. The molecule has 0 saturated carbocycles. The Morgan fingerprint density at radius 2 is 2.11 bits per heavy atom. The summed E-state index contributed by atoms with van der Waals surface area (Å²) in [6.45, 7) is 1.25. The van der Waals surface area contributed by atoms with E-state index in [2.05, 4.69) is 30.1 Å². The molecule has 0 radical (unpaired) electrons. The van der Waals surface area contributed by atoms with Gasteiger partial charge in [-0.3, -0.25) is 33.9 Å². The van der Waals surface area contributed by atoms with E-state index >= 15 is 0 Å². The van der Waals surface area contributed by atoms with E-state index < -0.39 is 37.4 Å². The lowest BCUT2D eigenvalue weighted by Crippen LogP contribution is -2.33. The molecule has 4 atom stereocenters. The monoisotopic (exact) mass is 500 g/mol.